The number of carboxylic acid groups (broad SMARTS) is 1. The molecule has 1 amide bonds. The minimum absolute atomic E-state index is 0.00815. The number of aliphatic imine (C=N–C) groups is 1. The first-order chi connectivity index (χ1) is 14.8. The zero-order chi connectivity index (χ0) is 22.5. The third-order valence-electron chi connectivity index (χ3n) is 4.26. The van der Waals surface area contributed by atoms with Crippen LogP contribution < -0.4 is 10.5 Å². The highest BCUT2D eigenvalue weighted by molar-refractivity contribution is 6.09. The lowest BCUT2D eigenvalue weighted by Gasteiger charge is -2.10. The second-order valence-electron chi connectivity index (χ2n) is 6.94. The van der Waals surface area contributed by atoms with Crippen LogP contribution >= 0.6 is 0 Å². The van der Waals surface area contributed by atoms with Crippen LogP contribution in [0.2, 0.25) is 0 Å². The summed E-state index contributed by atoms with van der Waals surface area (Å²) in [5, 5.41) is 23.0. The molecule has 31 heavy (non-hydrogen) atoms. The van der Waals surface area contributed by atoms with E-state index in [-0.39, 0.29) is 41.9 Å². The standard InChI is InChI=1S/C21H20N6O4/c1-12(2)31-21-14(9-22)8-16(10-24-21)20(30)26-19(23)13-3-4-17-15(7-13)11-25-27(17)6-5-18(28)29/h3-4,7-8,10-12H,5-6H2,1-2H3,(H,28,29)(H2,23,26,30). The van der Waals surface area contributed by atoms with Crippen molar-refractivity contribution in [3.8, 4) is 11.9 Å². The summed E-state index contributed by atoms with van der Waals surface area (Å²) >= 11 is 0. The highest BCUT2D eigenvalue weighted by Gasteiger charge is 2.14. The quantitative estimate of drug-likeness (QED) is 0.435. The number of hydrogen-bond donors (Lipinski definition) is 2. The molecule has 0 radical (unpaired) electrons. The van der Waals surface area contributed by atoms with Crippen LogP contribution in [0, 0.1) is 11.3 Å². The van der Waals surface area contributed by atoms with Gasteiger partial charge in [0, 0.05) is 17.1 Å². The van der Waals surface area contributed by atoms with Crippen LogP contribution in [0.3, 0.4) is 0 Å². The van der Waals surface area contributed by atoms with Gasteiger partial charge in [0.25, 0.3) is 5.91 Å². The Morgan fingerprint density at radius 1 is 1.29 bits per heavy atom. The number of fused-ring (bicyclic) bond motifs is 1. The largest absolute Gasteiger partial charge is 0.481 e. The van der Waals surface area contributed by atoms with Gasteiger partial charge in [-0.2, -0.15) is 15.4 Å². The molecule has 1 aromatic carbocycles. The topological polar surface area (TPSA) is 156 Å². The van der Waals surface area contributed by atoms with E-state index < -0.39 is 11.9 Å². The molecular weight excluding hydrogens is 400 g/mol. The molecule has 0 fully saturated rings. The number of aryl methyl sites for hydroxylation is 1. The lowest BCUT2D eigenvalue weighted by molar-refractivity contribution is -0.137. The van der Waals surface area contributed by atoms with Gasteiger partial charge in [0.15, 0.2) is 0 Å². The highest BCUT2D eigenvalue weighted by atomic mass is 16.5. The molecule has 10 nitrogen and oxygen atoms in total. The van der Waals surface area contributed by atoms with Crippen molar-refractivity contribution >= 4 is 28.6 Å². The van der Waals surface area contributed by atoms with Gasteiger partial charge in [-0.25, -0.2) is 4.98 Å². The van der Waals surface area contributed by atoms with E-state index in [4.69, 9.17) is 15.6 Å². The second kappa shape index (κ2) is 9.04. The Hall–Kier alpha value is -4.26. The molecule has 0 saturated carbocycles. The number of benzene rings is 1. The maximum Gasteiger partial charge on any atom is 0.305 e. The molecule has 0 aliphatic rings. The molecule has 0 bridgehead atoms. The summed E-state index contributed by atoms with van der Waals surface area (Å²) in [6, 6.07) is 8.44. The van der Waals surface area contributed by atoms with Crippen LogP contribution in [-0.4, -0.2) is 43.7 Å². The summed E-state index contributed by atoms with van der Waals surface area (Å²) in [6.45, 7) is 3.85. The summed E-state index contributed by atoms with van der Waals surface area (Å²) in [4.78, 5) is 31.2. The minimum Gasteiger partial charge on any atom is -0.481 e. The molecule has 0 atom stereocenters. The molecule has 0 spiro atoms. The molecule has 0 saturated heterocycles. The van der Waals surface area contributed by atoms with Gasteiger partial charge in [-0.05, 0) is 38.1 Å². The van der Waals surface area contributed by atoms with E-state index in [0.717, 1.165) is 10.9 Å². The van der Waals surface area contributed by atoms with Crippen molar-refractivity contribution in [1.29, 1.82) is 5.26 Å². The van der Waals surface area contributed by atoms with Crippen LogP contribution in [0.5, 0.6) is 5.88 Å². The highest BCUT2D eigenvalue weighted by Crippen LogP contribution is 2.19. The number of carbonyl (C=O) groups is 2. The van der Waals surface area contributed by atoms with Gasteiger partial charge < -0.3 is 15.6 Å². The Kier molecular flexibility index (Phi) is 6.26. The smallest absolute Gasteiger partial charge is 0.305 e. The molecule has 158 valence electrons. The average Bonchev–Trinajstić information content (AvgIpc) is 3.14. The van der Waals surface area contributed by atoms with Crippen LogP contribution in [0.1, 0.15) is 41.8 Å². The fourth-order valence-electron chi connectivity index (χ4n) is 2.83. The average molecular weight is 420 g/mol. The molecular formula is C21H20N6O4. The number of hydrogen-bond acceptors (Lipinski definition) is 6. The number of aliphatic carboxylic acids is 1. The minimum atomic E-state index is -0.909. The Bertz CT molecular complexity index is 1220. The van der Waals surface area contributed by atoms with Crippen molar-refractivity contribution in [2.45, 2.75) is 32.9 Å². The maximum absolute atomic E-state index is 12.5. The number of rotatable bonds is 7. The van der Waals surface area contributed by atoms with Gasteiger partial charge in [0.1, 0.15) is 17.5 Å². The number of amides is 1. The van der Waals surface area contributed by atoms with Crippen molar-refractivity contribution in [3.05, 3.63) is 53.3 Å². The van der Waals surface area contributed by atoms with Crippen LogP contribution in [0.15, 0.2) is 41.7 Å². The van der Waals surface area contributed by atoms with E-state index in [0.29, 0.717) is 5.56 Å². The van der Waals surface area contributed by atoms with E-state index in [1.165, 1.54) is 12.3 Å². The van der Waals surface area contributed by atoms with Gasteiger partial charge >= 0.3 is 5.97 Å². The lowest BCUT2D eigenvalue weighted by atomic mass is 10.1. The molecule has 3 rings (SSSR count). The van der Waals surface area contributed by atoms with Crippen molar-refractivity contribution in [2.75, 3.05) is 0 Å². The van der Waals surface area contributed by atoms with E-state index in [1.807, 2.05) is 6.07 Å². The summed E-state index contributed by atoms with van der Waals surface area (Å²) in [7, 11) is 0. The zero-order valence-electron chi connectivity index (χ0n) is 16.9. The van der Waals surface area contributed by atoms with Gasteiger partial charge in [0.05, 0.1) is 36.3 Å². The number of carbonyl (C=O) groups excluding carboxylic acids is 1. The molecule has 2 heterocycles. The lowest BCUT2D eigenvalue weighted by Crippen LogP contribution is -2.16. The van der Waals surface area contributed by atoms with Gasteiger partial charge in [-0.15, -0.1) is 0 Å². The van der Waals surface area contributed by atoms with E-state index >= 15 is 0 Å². The van der Waals surface area contributed by atoms with Crippen LogP contribution in [0.25, 0.3) is 10.9 Å². The summed E-state index contributed by atoms with van der Waals surface area (Å²) < 4.78 is 7.03. The van der Waals surface area contributed by atoms with Gasteiger partial charge in [-0.3, -0.25) is 14.3 Å². The molecule has 3 N–H and O–H groups in total. The second-order valence-corrected chi connectivity index (χ2v) is 6.94. The normalized spacial score (nSPS) is 11.5. The number of pyridine rings is 1. The first kappa shape index (κ1) is 21.4. The summed E-state index contributed by atoms with van der Waals surface area (Å²) in [6.07, 6.45) is 2.66. The number of nitriles is 1. The predicted molar refractivity (Wildman–Crippen MR) is 112 cm³/mol. The molecule has 2 aromatic heterocycles. The van der Waals surface area contributed by atoms with Crippen molar-refractivity contribution in [2.24, 2.45) is 10.7 Å². The third kappa shape index (κ3) is 5.02. The monoisotopic (exact) mass is 420 g/mol. The molecule has 0 aliphatic heterocycles. The van der Waals surface area contributed by atoms with Crippen LogP contribution in [0.4, 0.5) is 0 Å². The first-order valence-corrected chi connectivity index (χ1v) is 9.41. The number of carboxylic acids is 1. The first-order valence-electron chi connectivity index (χ1n) is 9.41. The van der Waals surface area contributed by atoms with E-state index in [2.05, 4.69) is 15.1 Å². The number of nitrogens with zero attached hydrogens (tertiary/aromatic N) is 5. The molecule has 0 aliphatic carbocycles. The van der Waals surface area contributed by atoms with Gasteiger partial charge in [0.2, 0.25) is 5.88 Å². The zero-order valence-corrected chi connectivity index (χ0v) is 16.9. The maximum atomic E-state index is 12.5. The Balaban J connectivity index is 1.83. The van der Waals surface area contributed by atoms with Gasteiger partial charge in [-0.1, -0.05) is 0 Å². The van der Waals surface area contributed by atoms with E-state index in [1.54, 1.807) is 42.9 Å². The van der Waals surface area contributed by atoms with Crippen molar-refractivity contribution in [3.63, 3.8) is 0 Å². The fourth-order valence-corrected chi connectivity index (χ4v) is 2.83. The Morgan fingerprint density at radius 3 is 2.74 bits per heavy atom. The number of aromatic nitrogens is 3. The number of nitrogens with two attached hydrogens (primary N) is 1. The number of amidine groups is 1. The Morgan fingerprint density at radius 2 is 2.06 bits per heavy atom. The van der Waals surface area contributed by atoms with Crippen molar-refractivity contribution in [1.82, 2.24) is 14.8 Å². The summed E-state index contributed by atoms with van der Waals surface area (Å²) in [5.41, 5.74) is 7.50. The third-order valence-corrected chi connectivity index (χ3v) is 4.26. The fraction of sp³-hybridized carbons (Fsp3) is 0.238. The molecule has 0 unspecified atom stereocenters. The Labute approximate surface area is 177 Å². The predicted octanol–water partition coefficient (Wildman–Crippen LogP) is 2.11. The van der Waals surface area contributed by atoms with Crippen LogP contribution in [-0.2, 0) is 11.3 Å². The number of ether oxygens (including phenoxy) is 1. The SMILES string of the molecule is CC(C)Oc1ncc(C(=O)N=C(N)c2ccc3c(cnn3CCC(=O)O)c2)cc1C#N. The van der Waals surface area contributed by atoms with Crippen molar-refractivity contribution < 1.29 is 19.4 Å². The molecule has 10 heteroatoms. The molecule has 3 aromatic rings. The summed E-state index contributed by atoms with van der Waals surface area (Å²) in [5.74, 6) is -1.41. The van der Waals surface area contributed by atoms with E-state index in [9.17, 15) is 14.9 Å².